The average Bonchev–Trinajstić information content (AvgIpc) is 3.24. The number of anilines is 1. The summed E-state index contributed by atoms with van der Waals surface area (Å²) in [5.41, 5.74) is 3.24. The molecule has 0 saturated carbocycles. The number of aromatic hydroxyl groups is 1. The Morgan fingerprint density at radius 2 is 1.64 bits per heavy atom. The molecule has 0 aromatic heterocycles. The van der Waals surface area contributed by atoms with Gasteiger partial charge in [-0.15, -0.1) is 0 Å². The van der Waals surface area contributed by atoms with Crippen molar-refractivity contribution in [2.45, 2.75) is 19.8 Å². The standard InChI is InChI=1S/C33H28INO7/c1-16-12-25(36)24-15-23-20(10-11-22-29(23)33(40)35(32(22)39)19-7-5-18(34)6-8-19)21(28(24)30(16)37)9-4-17-13-26(41-2)31(38)27(14-17)42-3/h4-10,12-14,21-23,29,38H,11,15H2,1-3H3. The predicted molar refractivity (Wildman–Crippen MR) is 164 cm³/mol. The zero-order valence-electron chi connectivity index (χ0n) is 23.2. The normalized spacial score (nSPS) is 25.3. The fourth-order valence-corrected chi connectivity index (χ4v) is 7.06. The molecule has 2 aromatic rings. The number of benzene rings is 2. The molecule has 0 spiro atoms. The summed E-state index contributed by atoms with van der Waals surface area (Å²) in [7, 11) is 2.88. The third-order valence-electron chi connectivity index (χ3n) is 8.68. The molecular weight excluding hydrogens is 649 g/mol. The van der Waals surface area contributed by atoms with Crippen LogP contribution in [0.3, 0.4) is 0 Å². The van der Waals surface area contributed by atoms with Gasteiger partial charge in [0.15, 0.2) is 23.1 Å². The molecule has 214 valence electrons. The van der Waals surface area contributed by atoms with E-state index in [1.807, 2.05) is 24.3 Å². The van der Waals surface area contributed by atoms with E-state index in [0.29, 0.717) is 34.4 Å². The van der Waals surface area contributed by atoms with E-state index in [2.05, 4.69) is 22.6 Å². The first-order valence-corrected chi connectivity index (χ1v) is 14.7. The Labute approximate surface area is 256 Å². The van der Waals surface area contributed by atoms with Gasteiger partial charge in [0.05, 0.1) is 31.7 Å². The molecule has 8 nitrogen and oxygen atoms in total. The first kappa shape index (κ1) is 28.1. The molecule has 1 heterocycles. The van der Waals surface area contributed by atoms with Gasteiger partial charge in [-0.1, -0.05) is 23.8 Å². The largest absolute Gasteiger partial charge is 0.502 e. The number of halogens is 1. The number of imide groups is 1. The van der Waals surface area contributed by atoms with Crippen molar-refractivity contribution >= 4 is 57.7 Å². The van der Waals surface area contributed by atoms with E-state index in [-0.39, 0.29) is 47.1 Å². The van der Waals surface area contributed by atoms with Crippen LogP contribution in [0.1, 0.15) is 25.3 Å². The van der Waals surface area contributed by atoms with Gasteiger partial charge in [0.25, 0.3) is 0 Å². The molecule has 1 saturated heterocycles. The molecule has 4 atom stereocenters. The van der Waals surface area contributed by atoms with E-state index < -0.39 is 23.7 Å². The van der Waals surface area contributed by atoms with Gasteiger partial charge < -0.3 is 14.6 Å². The molecule has 42 heavy (non-hydrogen) atoms. The number of allylic oxidation sites excluding steroid dienone is 7. The Hall–Kier alpha value is -3.99. The monoisotopic (exact) mass is 677 g/mol. The minimum atomic E-state index is -0.634. The molecule has 4 aliphatic rings. The van der Waals surface area contributed by atoms with Crippen molar-refractivity contribution in [1.82, 2.24) is 0 Å². The second kappa shape index (κ2) is 10.7. The number of phenolic OH excluding ortho intramolecular Hbond substituents is 1. The number of carbonyl (C=O) groups excluding carboxylic acids is 4. The second-order valence-electron chi connectivity index (χ2n) is 10.9. The summed E-state index contributed by atoms with van der Waals surface area (Å²) in [5.74, 6) is -2.77. The van der Waals surface area contributed by atoms with Crippen molar-refractivity contribution in [3.63, 3.8) is 0 Å². The van der Waals surface area contributed by atoms with Crippen LogP contribution in [0.15, 0.2) is 76.9 Å². The lowest BCUT2D eigenvalue weighted by Gasteiger charge is -2.41. The number of hydrogen-bond acceptors (Lipinski definition) is 7. The number of hydrogen-bond donors (Lipinski definition) is 1. The summed E-state index contributed by atoms with van der Waals surface area (Å²) < 4.78 is 11.6. The number of Topliss-reactive ketones (excluding diaryl/α,β-unsaturated/α-hetero) is 1. The van der Waals surface area contributed by atoms with Crippen molar-refractivity contribution in [2.75, 3.05) is 19.1 Å². The Morgan fingerprint density at radius 3 is 2.29 bits per heavy atom. The molecule has 3 aliphatic carbocycles. The van der Waals surface area contributed by atoms with E-state index in [1.54, 1.807) is 37.3 Å². The number of ether oxygens (including phenoxy) is 2. The summed E-state index contributed by atoms with van der Waals surface area (Å²) >= 11 is 2.17. The smallest absolute Gasteiger partial charge is 0.238 e. The number of rotatable bonds is 5. The minimum Gasteiger partial charge on any atom is -0.502 e. The van der Waals surface area contributed by atoms with E-state index in [4.69, 9.17) is 9.47 Å². The highest BCUT2D eigenvalue weighted by Gasteiger charge is 2.56. The van der Waals surface area contributed by atoms with E-state index >= 15 is 0 Å². The van der Waals surface area contributed by atoms with Crippen LogP contribution in [0.25, 0.3) is 6.08 Å². The molecule has 2 amide bonds. The van der Waals surface area contributed by atoms with Crippen LogP contribution in [0.2, 0.25) is 0 Å². The Morgan fingerprint density at radius 1 is 0.976 bits per heavy atom. The highest BCUT2D eigenvalue weighted by molar-refractivity contribution is 14.1. The summed E-state index contributed by atoms with van der Waals surface area (Å²) in [6.07, 6.45) is 7.58. The summed E-state index contributed by atoms with van der Waals surface area (Å²) in [4.78, 5) is 55.6. The third kappa shape index (κ3) is 4.41. The van der Waals surface area contributed by atoms with Crippen molar-refractivity contribution < 1.29 is 33.8 Å². The zero-order chi connectivity index (χ0) is 29.9. The molecule has 1 aliphatic heterocycles. The first-order chi connectivity index (χ1) is 20.1. The maximum atomic E-state index is 13.9. The third-order valence-corrected chi connectivity index (χ3v) is 9.40. The van der Waals surface area contributed by atoms with Crippen LogP contribution in [0.5, 0.6) is 17.2 Å². The molecule has 4 unspecified atom stereocenters. The number of phenols is 1. The van der Waals surface area contributed by atoms with Crippen LogP contribution < -0.4 is 14.4 Å². The molecule has 6 rings (SSSR count). The topological polar surface area (TPSA) is 110 Å². The number of nitrogens with zero attached hydrogens (tertiary/aromatic N) is 1. The van der Waals surface area contributed by atoms with Crippen LogP contribution in [0, 0.1) is 27.2 Å². The fraction of sp³-hybridized carbons (Fsp3) is 0.273. The van der Waals surface area contributed by atoms with Gasteiger partial charge in [-0.25, -0.2) is 0 Å². The van der Waals surface area contributed by atoms with Crippen LogP contribution in [0.4, 0.5) is 5.69 Å². The highest BCUT2D eigenvalue weighted by atomic mass is 127. The number of ketones is 2. The van der Waals surface area contributed by atoms with Gasteiger partial charge in [0, 0.05) is 26.2 Å². The highest BCUT2D eigenvalue weighted by Crippen LogP contribution is 2.53. The Bertz CT molecular complexity index is 1660. The zero-order valence-corrected chi connectivity index (χ0v) is 25.4. The van der Waals surface area contributed by atoms with Gasteiger partial charge in [-0.05, 0) is 96.3 Å². The van der Waals surface area contributed by atoms with Gasteiger partial charge in [0.1, 0.15) is 0 Å². The van der Waals surface area contributed by atoms with Crippen molar-refractivity contribution in [2.24, 2.45) is 23.7 Å². The van der Waals surface area contributed by atoms with Crippen LogP contribution in [-0.4, -0.2) is 42.7 Å². The summed E-state index contributed by atoms with van der Waals surface area (Å²) in [5, 5.41) is 10.3. The molecule has 1 fully saturated rings. The fourth-order valence-electron chi connectivity index (χ4n) is 6.70. The quantitative estimate of drug-likeness (QED) is 0.201. The predicted octanol–water partition coefficient (Wildman–Crippen LogP) is 5.19. The lowest BCUT2D eigenvalue weighted by atomic mass is 9.60. The van der Waals surface area contributed by atoms with Crippen molar-refractivity contribution in [3.8, 4) is 17.2 Å². The molecule has 0 radical (unpaired) electrons. The minimum absolute atomic E-state index is 0.128. The molecule has 9 heteroatoms. The lowest BCUT2D eigenvalue weighted by Crippen LogP contribution is -2.40. The SMILES string of the molecule is COc1cc(C=CC2C3=CCC4C(=O)N(c5ccc(I)cc5)C(=O)C4C3CC3=C2C(=O)C(C)=CC3=O)cc(OC)c1O. The lowest BCUT2D eigenvalue weighted by molar-refractivity contribution is -0.123. The number of fused-ring (bicyclic) bond motifs is 3. The Kier molecular flexibility index (Phi) is 7.16. The first-order valence-electron chi connectivity index (χ1n) is 13.6. The number of amides is 2. The molecule has 1 N–H and O–H groups in total. The molecule has 2 aromatic carbocycles. The maximum absolute atomic E-state index is 13.9. The van der Waals surface area contributed by atoms with E-state index in [1.165, 1.54) is 25.2 Å². The average molecular weight is 677 g/mol. The Balaban J connectivity index is 1.43. The number of carbonyl (C=O) groups is 4. The van der Waals surface area contributed by atoms with Crippen LogP contribution in [-0.2, 0) is 19.2 Å². The maximum Gasteiger partial charge on any atom is 0.238 e. The van der Waals surface area contributed by atoms with Gasteiger partial charge in [-0.2, -0.15) is 0 Å². The molecular formula is C33H28INO7. The summed E-state index contributed by atoms with van der Waals surface area (Å²) in [6, 6.07) is 10.5. The van der Waals surface area contributed by atoms with Crippen molar-refractivity contribution in [3.05, 3.63) is 86.1 Å². The van der Waals surface area contributed by atoms with Crippen LogP contribution >= 0.6 is 22.6 Å². The second-order valence-corrected chi connectivity index (χ2v) is 12.1. The van der Waals surface area contributed by atoms with Gasteiger partial charge in [0.2, 0.25) is 17.6 Å². The summed E-state index contributed by atoms with van der Waals surface area (Å²) in [6.45, 7) is 1.63. The van der Waals surface area contributed by atoms with Crippen molar-refractivity contribution in [1.29, 1.82) is 0 Å². The molecule has 0 bridgehead atoms. The van der Waals surface area contributed by atoms with E-state index in [0.717, 1.165) is 9.14 Å². The van der Waals surface area contributed by atoms with E-state index in [9.17, 15) is 24.3 Å². The number of methoxy groups -OCH3 is 2. The van der Waals surface area contributed by atoms with Gasteiger partial charge >= 0.3 is 0 Å². The van der Waals surface area contributed by atoms with Gasteiger partial charge in [-0.3, -0.25) is 24.1 Å².